The van der Waals surface area contributed by atoms with E-state index in [9.17, 15) is 0 Å². The third-order valence-electron chi connectivity index (χ3n) is 2.06. The molecule has 1 aromatic rings. The smallest absolute Gasteiger partial charge is 0.0435 e. The second-order valence-corrected chi connectivity index (χ2v) is 3.87. The van der Waals surface area contributed by atoms with Crippen LogP contribution >= 0.6 is 25.3 Å². The first kappa shape index (κ1) is 10.9. The van der Waals surface area contributed by atoms with Gasteiger partial charge in [-0.05, 0) is 36.5 Å². The highest BCUT2D eigenvalue weighted by atomic mass is 32.1. The Bertz CT molecular complexity index is 220. The minimum absolute atomic E-state index is 0.524. The van der Waals surface area contributed by atoms with E-state index < -0.39 is 0 Å². The van der Waals surface area contributed by atoms with Crippen LogP contribution in [0.3, 0.4) is 0 Å². The van der Waals surface area contributed by atoms with Crippen molar-refractivity contribution in [2.45, 2.75) is 18.8 Å². The van der Waals surface area contributed by atoms with Gasteiger partial charge >= 0.3 is 0 Å². The molecule has 13 heavy (non-hydrogen) atoms. The van der Waals surface area contributed by atoms with Crippen molar-refractivity contribution in [3.63, 3.8) is 0 Å². The molecule has 0 aliphatic heterocycles. The summed E-state index contributed by atoms with van der Waals surface area (Å²) in [7, 11) is 0. The molecule has 0 N–H and O–H groups in total. The molecule has 0 fully saturated rings. The van der Waals surface area contributed by atoms with E-state index in [1.807, 2.05) is 18.3 Å². The second kappa shape index (κ2) is 6.33. The number of pyridine rings is 1. The molecule has 0 unspecified atom stereocenters. The Labute approximate surface area is 90.8 Å². The summed E-state index contributed by atoms with van der Waals surface area (Å²) in [6.45, 7) is 0. The monoisotopic (exact) mass is 213 g/mol. The summed E-state index contributed by atoms with van der Waals surface area (Å²) >= 11 is 8.50. The molecule has 0 saturated carbocycles. The first-order chi connectivity index (χ1) is 6.38. The van der Waals surface area contributed by atoms with Gasteiger partial charge in [0.1, 0.15) is 0 Å². The van der Waals surface area contributed by atoms with E-state index in [2.05, 4.69) is 36.3 Å². The van der Waals surface area contributed by atoms with Crippen molar-refractivity contribution in [3.05, 3.63) is 30.1 Å². The normalized spacial score (nSPS) is 10.7. The van der Waals surface area contributed by atoms with Crippen LogP contribution in [0.15, 0.2) is 24.4 Å². The zero-order valence-electron chi connectivity index (χ0n) is 7.56. The largest absolute Gasteiger partial charge is 0.261 e. The quantitative estimate of drug-likeness (QED) is 0.717. The molecular formula is C10H15NS2. The Morgan fingerprint density at radius 1 is 1.15 bits per heavy atom. The average Bonchev–Trinajstić information content (AvgIpc) is 2.19. The molecule has 0 aromatic carbocycles. The average molecular weight is 213 g/mol. The van der Waals surface area contributed by atoms with Crippen molar-refractivity contribution in [2.24, 2.45) is 0 Å². The maximum atomic E-state index is 4.35. The molecule has 0 atom stereocenters. The summed E-state index contributed by atoms with van der Waals surface area (Å²) in [5.74, 6) is 2.35. The fraction of sp³-hybridized carbons (Fsp3) is 0.500. The molecule has 72 valence electrons. The van der Waals surface area contributed by atoms with E-state index in [1.54, 1.807) is 0 Å². The van der Waals surface area contributed by atoms with Gasteiger partial charge in [0.25, 0.3) is 0 Å². The van der Waals surface area contributed by atoms with Crippen LogP contribution in [0.25, 0.3) is 0 Å². The number of rotatable bonds is 5. The molecule has 0 spiro atoms. The van der Waals surface area contributed by atoms with Gasteiger partial charge in [-0.1, -0.05) is 6.07 Å². The number of nitrogens with zero attached hydrogens (tertiary/aromatic N) is 1. The van der Waals surface area contributed by atoms with Gasteiger partial charge in [-0.15, -0.1) is 0 Å². The maximum Gasteiger partial charge on any atom is 0.0435 e. The molecule has 0 aliphatic carbocycles. The molecule has 3 heteroatoms. The molecule has 1 heterocycles. The lowest BCUT2D eigenvalue weighted by molar-refractivity contribution is 0.635. The van der Waals surface area contributed by atoms with Crippen molar-refractivity contribution in [1.29, 1.82) is 0 Å². The summed E-state index contributed by atoms with van der Waals surface area (Å²) in [4.78, 5) is 4.35. The third kappa shape index (κ3) is 3.61. The van der Waals surface area contributed by atoms with Crippen LogP contribution in [-0.4, -0.2) is 16.5 Å². The lowest BCUT2D eigenvalue weighted by Gasteiger charge is -2.13. The zero-order valence-corrected chi connectivity index (χ0v) is 9.35. The lowest BCUT2D eigenvalue weighted by Crippen LogP contribution is -2.02. The van der Waals surface area contributed by atoms with Gasteiger partial charge in [0.15, 0.2) is 0 Å². The van der Waals surface area contributed by atoms with E-state index in [0.29, 0.717) is 5.92 Å². The maximum absolute atomic E-state index is 4.35. The van der Waals surface area contributed by atoms with Crippen LogP contribution in [0.5, 0.6) is 0 Å². The SMILES string of the molecule is SCCC(CCS)c1ccccn1. The minimum Gasteiger partial charge on any atom is -0.261 e. The molecule has 1 nitrogen and oxygen atoms in total. The fourth-order valence-corrected chi connectivity index (χ4v) is 1.99. The Morgan fingerprint density at radius 3 is 2.31 bits per heavy atom. The minimum atomic E-state index is 0.524. The predicted molar refractivity (Wildman–Crippen MR) is 63.9 cm³/mol. The van der Waals surface area contributed by atoms with Crippen LogP contribution in [0.2, 0.25) is 0 Å². The van der Waals surface area contributed by atoms with E-state index in [0.717, 1.165) is 24.3 Å². The van der Waals surface area contributed by atoms with Crippen LogP contribution < -0.4 is 0 Å². The molecule has 1 aromatic heterocycles. The Hall–Kier alpha value is -0.150. The molecule has 0 saturated heterocycles. The standard InChI is InChI=1S/C10H15NS2/c12-7-4-9(5-8-13)10-3-1-2-6-11-10/h1-3,6,9,12-13H,4-5,7-8H2. The van der Waals surface area contributed by atoms with Crippen LogP contribution in [-0.2, 0) is 0 Å². The Balaban J connectivity index is 2.64. The Kier molecular flexibility index (Phi) is 5.32. The highest BCUT2D eigenvalue weighted by Gasteiger charge is 2.09. The topological polar surface area (TPSA) is 12.9 Å². The van der Waals surface area contributed by atoms with Gasteiger partial charge < -0.3 is 0 Å². The highest BCUT2D eigenvalue weighted by molar-refractivity contribution is 7.80. The fourth-order valence-electron chi connectivity index (χ4n) is 1.37. The second-order valence-electron chi connectivity index (χ2n) is 2.98. The van der Waals surface area contributed by atoms with Crippen LogP contribution in [0, 0.1) is 0 Å². The van der Waals surface area contributed by atoms with Crippen LogP contribution in [0.4, 0.5) is 0 Å². The van der Waals surface area contributed by atoms with Gasteiger partial charge in [0.05, 0.1) is 0 Å². The molecule has 0 aliphatic rings. The summed E-state index contributed by atoms with van der Waals surface area (Å²) in [6, 6.07) is 6.06. The summed E-state index contributed by atoms with van der Waals surface area (Å²) in [5.41, 5.74) is 1.17. The number of aromatic nitrogens is 1. The molecule has 0 amide bonds. The molecule has 0 bridgehead atoms. The van der Waals surface area contributed by atoms with Gasteiger partial charge in [0.2, 0.25) is 0 Å². The Morgan fingerprint density at radius 2 is 1.85 bits per heavy atom. The van der Waals surface area contributed by atoms with Crippen molar-refractivity contribution in [1.82, 2.24) is 4.98 Å². The molecule has 1 rings (SSSR count). The number of thiol groups is 2. The van der Waals surface area contributed by atoms with Crippen molar-refractivity contribution < 1.29 is 0 Å². The zero-order chi connectivity index (χ0) is 9.52. The first-order valence-electron chi connectivity index (χ1n) is 4.51. The summed E-state index contributed by atoms with van der Waals surface area (Å²) < 4.78 is 0. The van der Waals surface area contributed by atoms with Gasteiger partial charge in [-0.2, -0.15) is 25.3 Å². The highest BCUT2D eigenvalue weighted by Crippen LogP contribution is 2.21. The number of hydrogen-bond donors (Lipinski definition) is 2. The van der Waals surface area contributed by atoms with E-state index in [1.165, 1.54) is 5.69 Å². The lowest BCUT2D eigenvalue weighted by atomic mass is 9.99. The number of hydrogen-bond acceptors (Lipinski definition) is 3. The molecular weight excluding hydrogens is 198 g/mol. The predicted octanol–water partition coefficient (Wildman–Crippen LogP) is 2.81. The third-order valence-corrected chi connectivity index (χ3v) is 2.58. The molecule has 0 radical (unpaired) electrons. The van der Waals surface area contributed by atoms with Gasteiger partial charge in [-0.3, -0.25) is 4.98 Å². The van der Waals surface area contributed by atoms with Gasteiger partial charge in [-0.25, -0.2) is 0 Å². The van der Waals surface area contributed by atoms with E-state index in [4.69, 9.17) is 0 Å². The van der Waals surface area contributed by atoms with Gasteiger partial charge in [0, 0.05) is 17.8 Å². The first-order valence-corrected chi connectivity index (χ1v) is 5.77. The van der Waals surface area contributed by atoms with Crippen molar-refractivity contribution >= 4 is 25.3 Å². The summed E-state index contributed by atoms with van der Waals surface area (Å²) in [5, 5.41) is 0. The van der Waals surface area contributed by atoms with E-state index in [-0.39, 0.29) is 0 Å². The van der Waals surface area contributed by atoms with Crippen molar-refractivity contribution in [3.8, 4) is 0 Å². The van der Waals surface area contributed by atoms with E-state index >= 15 is 0 Å². The van der Waals surface area contributed by atoms with Crippen molar-refractivity contribution in [2.75, 3.05) is 11.5 Å². The van der Waals surface area contributed by atoms with Crippen LogP contribution in [0.1, 0.15) is 24.5 Å². The summed E-state index contributed by atoms with van der Waals surface area (Å²) in [6.07, 6.45) is 4.01.